The van der Waals surface area contributed by atoms with Crippen LogP contribution < -0.4 is 5.73 Å². The van der Waals surface area contributed by atoms with E-state index in [-0.39, 0.29) is 12.6 Å². The van der Waals surface area contributed by atoms with E-state index in [2.05, 4.69) is 0 Å². The lowest BCUT2D eigenvalue weighted by atomic mass is 10.1. The van der Waals surface area contributed by atoms with Crippen molar-refractivity contribution in [2.24, 2.45) is 11.7 Å². The van der Waals surface area contributed by atoms with Gasteiger partial charge in [0.15, 0.2) is 5.92 Å². The van der Waals surface area contributed by atoms with Gasteiger partial charge in [-0.15, -0.1) is 0 Å². The van der Waals surface area contributed by atoms with Crippen molar-refractivity contribution >= 4 is 0 Å². The van der Waals surface area contributed by atoms with Crippen LogP contribution in [0, 0.1) is 5.92 Å². The van der Waals surface area contributed by atoms with Crippen molar-refractivity contribution in [3.8, 4) is 0 Å². The molecule has 13 heavy (non-hydrogen) atoms. The first-order chi connectivity index (χ1) is 5.69. The highest BCUT2D eigenvalue weighted by Gasteiger charge is 2.54. The van der Waals surface area contributed by atoms with E-state index in [0.717, 1.165) is 0 Å². The zero-order valence-electron chi connectivity index (χ0n) is 6.28. The van der Waals surface area contributed by atoms with Crippen molar-refractivity contribution < 1.29 is 26.3 Å². The average molecular weight is 207 g/mol. The number of alkyl halides is 6. The molecule has 0 aromatic carbocycles. The first-order valence-corrected chi connectivity index (χ1v) is 3.19. The molecule has 0 aliphatic rings. The van der Waals surface area contributed by atoms with Crippen molar-refractivity contribution in [3.63, 3.8) is 0 Å². The van der Waals surface area contributed by atoms with Crippen LogP contribution in [-0.2, 0) is 0 Å². The summed E-state index contributed by atoms with van der Waals surface area (Å²) in [6.07, 6.45) is -9.99. The number of allylic oxidation sites excluding steroid dienone is 1. The largest absolute Gasteiger partial charge is 0.403 e. The molecule has 1 nitrogen and oxygen atoms in total. The summed E-state index contributed by atoms with van der Waals surface area (Å²) in [5.41, 5.74) is 4.74. The molecule has 0 atom stereocenters. The van der Waals surface area contributed by atoms with Crippen molar-refractivity contribution in [2.45, 2.75) is 12.4 Å². The Bertz CT molecular complexity index is 165. The molecule has 0 rings (SSSR count). The second-order valence-electron chi connectivity index (χ2n) is 2.22. The number of nitrogens with two attached hydrogens (primary N) is 1. The molecular formula is C6H7F6N. The Labute approximate surface area is 70.2 Å². The Morgan fingerprint density at radius 1 is 1.00 bits per heavy atom. The second-order valence-corrected chi connectivity index (χ2v) is 2.22. The van der Waals surface area contributed by atoms with Gasteiger partial charge in [-0.3, -0.25) is 0 Å². The predicted molar refractivity (Wildman–Crippen MR) is 33.8 cm³/mol. The van der Waals surface area contributed by atoms with Gasteiger partial charge in [0.1, 0.15) is 0 Å². The fraction of sp³-hybridized carbons (Fsp3) is 0.667. The van der Waals surface area contributed by atoms with E-state index in [0.29, 0.717) is 6.08 Å². The Hall–Kier alpha value is -0.720. The molecule has 0 fully saturated rings. The van der Waals surface area contributed by atoms with Crippen LogP contribution >= 0.6 is 0 Å². The SMILES string of the molecule is NC/C=C/C(C(F)(F)F)C(F)(F)F. The first-order valence-electron chi connectivity index (χ1n) is 3.19. The molecule has 0 unspecified atom stereocenters. The fourth-order valence-corrected chi connectivity index (χ4v) is 0.618. The summed E-state index contributed by atoms with van der Waals surface area (Å²) in [5.74, 6) is -3.43. The smallest absolute Gasteiger partial charge is 0.327 e. The minimum absolute atomic E-state index is 0.0139. The van der Waals surface area contributed by atoms with Crippen LogP contribution in [0.2, 0.25) is 0 Å². The highest BCUT2D eigenvalue weighted by atomic mass is 19.4. The van der Waals surface area contributed by atoms with Crippen molar-refractivity contribution in [3.05, 3.63) is 12.2 Å². The Morgan fingerprint density at radius 3 is 1.62 bits per heavy atom. The van der Waals surface area contributed by atoms with Crippen molar-refractivity contribution in [2.75, 3.05) is 6.54 Å². The summed E-state index contributed by atoms with van der Waals surface area (Å²) < 4.78 is 70.4. The molecule has 0 amide bonds. The summed E-state index contributed by atoms with van der Waals surface area (Å²) in [6, 6.07) is 0. The van der Waals surface area contributed by atoms with E-state index in [1.807, 2.05) is 0 Å². The standard InChI is InChI=1S/C6H7F6N/c7-5(8,9)4(2-1-3-13)6(10,11)12/h1-2,4H,3,13H2/b2-1+. The topological polar surface area (TPSA) is 26.0 Å². The van der Waals surface area contributed by atoms with Crippen LogP contribution in [0.4, 0.5) is 26.3 Å². The second kappa shape index (κ2) is 3.99. The molecule has 0 aliphatic carbocycles. The highest BCUT2D eigenvalue weighted by Crippen LogP contribution is 2.39. The van der Waals surface area contributed by atoms with Gasteiger partial charge in [0.05, 0.1) is 0 Å². The Morgan fingerprint density at radius 2 is 1.38 bits per heavy atom. The van der Waals surface area contributed by atoms with E-state index in [4.69, 9.17) is 5.73 Å². The quantitative estimate of drug-likeness (QED) is 0.545. The normalized spacial score (nSPS) is 14.5. The van der Waals surface area contributed by atoms with Gasteiger partial charge in [0, 0.05) is 6.54 Å². The van der Waals surface area contributed by atoms with E-state index in [1.165, 1.54) is 0 Å². The van der Waals surface area contributed by atoms with Gasteiger partial charge in [-0.1, -0.05) is 12.2 Å². The van der Waals surface area contributed by atoms with Gasteiger partial charge in [-0.05, 0) is 0 Å². The van der Waals surface area contributed by atoms with Gasteiger partial charge in [-0.2, -0.15) is 26.3 Å². The van der Waals surface area contributed by atoms with Crippen molar-refractivity contribution in [1.29, 1.82) is 0 Å². The molecule has 0 spiro atoms. The summed E-state index contributed by atoms with van der Waals surface area (Å²) in [5, 5.41) is 0. The molecule has 0 aliphatic heterocycles. The Balaban J connectivity index is 4.68. The molecule has 0 saturated carbocycles. The molecule has 2 N–H and O–H groups in total. The third-order valence-electron chi connectivity index (χ3n) is 1.17. The molecule has 0 radical (unpaired) electrons. The number of hydrogen-bond donors (Lipinski definition) is 1. The maximum absolute atomic E-state index is 11.7. The number of halogens is 6. The average Bonchev–Trinajstić information content (AvgIpc) is 1.81. The van der Waals surface area contributed by atoms with Crippen molar-refractivity contribution in [1.82, 2.24) is 0 Å². The minimum atomic E-state index is -5.32. The monoisotopic (exact) mass is 207 g/mol. The van der Waals surface area contributed by atoms with Crippen LogP contribution in [0.1, 0.15) is 0 Å². The molecule has 0 aromatic rings. The highest BCUT2D eigenvalue weighted by molar-refractivity contribution is 4.96. The van der Waals surface area contributed by atoms with Crippen LogP contribution in [0.5, 0.6) is 0 Å². The molecule has 0 saturated heterocycles. The summed E-state index contributed by atoms with van der Waals surface area (Å²) in [6.45, 7) is -0.358. The number of hydrogen-bond acceptors (Lipinski definition) is 1. The summed E-state index contributed by atoms with van der Waals surface area (Å²) in [4.78, 5) is 0. The van der Waals surface area contributed by atoms with Gasteiger partial charge in [0.2, 0.25) is 0 Å². The fourth-order valence-electron chi connectivity index (χ4n) is 0.618. The molecule has 0 heterocycles. The maximum atomic E-state index is 11.7. The van der Waals surface area contributed by atoms with E-state index < -0.39 is 18.3 Å². The predicted octanol–water partition coefficient (Wildman–Crippen LogP) is 2.24. The van der Waals surface area contributed by atoms with Crippen LogP contribution in [0.15, 0.2) is 12.2 Å². The van der Waals surface area contributed by atoms with Crippen LogP contribution in [0.25, 0.3) is 0 Å². The molecule has 7 heteroatoms. The third-order valence-corrected chi connectivity index (χ3v) is 1.17. The third kappa shape index (κ3) is 4.16. The summed E-state index contributed by atoms with van der Waals surface area (Å²) >= 11 is 0. The maximum Gasteiger partial charge on any atom is 0.403 e. The number of rotatable bonds is 2. The molecule has 0 bridgehead atoms. The molecule has 78 valence electrons. The molecule has 0 aromatic heterocycles. The van der Waals surface area contributed by atoms with Crippen LogP contribution in [-0.4, -0.2) is 18.9 Å². The lowest BCUT2D eigenvalue weighted by molar-refractivity contribution is -0.267. The van der Waals surface area contributed by atoms with Gasteiger partial charge < -0.3 is 5.73 Å². The van der Waals surface area contributed by atoms with E-state index >= 15 is 0 Å². The summed E-state index contributed by atoms with van der Waals surface area (Å²) in [7, 11) is 0. The zero-order valence-corrected chi connectivity index (χ0v) is 6.28. The Kier molecular flexibility index (Phi) is 3.77. The minimum Gasteiger partial charge on any atom is -0.327 e. The molecular weight excluding hydrogens is 200 g/mol. The van der Waals surface area contributed by atoms with Gasteiger partial charge in [-0.25, -0.2) is 0 Å². The van der Waals surface area contributed by atoms with E-state index in [9.17, 15) is 26.3 Å². The van der Waals surface area contributed by atoms with Gasteiger partial charge >= 0.3 is 12.4 Å². The zero-order chi connectivity index (χ0) is 10.7. The van der Waals surface area contributed by atoms with Gasteiger partial charge in [0.25, 0.3) is 0 Å². The first kappa shape index (κ1) is 12.3. The van der Waals surface area contributed by atoms with E-state index in [1.54, 1.807) is 0 Å². The lowest BCUT2D eigenvalue weighted by Gasteiger charge is -2.19. The van der Waals surface area contributed by atoms with Crippen LogP contribution in [0.3, 0.4) is 0 Å². The lowest BCUT2D eigenvalue weighted by Crippen LogP contribution is -2.34.